The molecule has 2 aromatic carbocycles. The molecule has 0 radical (unpaired) electrons. The van der Waals surface area contributed by atoms with E-state index in [1.165, 1.54) is 29.8 Å². The lowest BCUT2D eigenvalue weighted by atomic mass is 9.76. The summed E-state index contributed by atoms with van der Waals surface area (Å²) in [4.78, 5) is 2.48. The third kappa shape index (κ3) is 1.55. The SMILES string of the molecule is C[C@@]12CCCN[C@H]1N(c1ccccc1)c1ccccc12. The highest BCUT2D eigenvalue weighted by Gasteiger charge is 2.49. The Balaban J connectivity index is 1.91. The molecule has 2 nitrogen and oxygen atoms in total. The summed E-state index contributed by atoms with van der Waals surface area (Å²) in [5.74, 6) is 0. The van der Waals surface area contributed by atoms with Gasteiger partial charge in [-0.25, -0.2) is 0 Å². The number of nitrogens with zero attached hydrogens (tertiary/aromatic N) is 1. The Morgan fingerprint density at radius 3 is 2.65 bits per heavy atom. The molecule has 1 saturated heterocycles. The first-order valence-electron chi connectivity index (χ1n) is 7.48. The van der Waals surface area contributed by atoms with Crippen LogP contribution in [0.2, 0.25) is 0 Å². The third-order valence-electron chi connectivity index (χ3n) is 4.89. The van der Waals surface area contributed by atoms with E-state index in [1.807, 2.05) is 0 Å². The van der Waals surface area contributed by atoms with Crippen LogP contribution in [0, 0.1) is 0 Å². The molecule has 2 aromatic rings. The van der Waals surface area contributed by atoms with Crippen LogP contribution in [0.5, 0.6) is 0 Å². The van der Waals surface area contributed by atoms with Gasteiger partial charge in [0, 0.05) is 16.8 Å². The fraction of sp³-hybridized carbons (Fsp3) is 0.333. The molecule has 1 N–H and O–H groups in total. The third-order valence-corrected chi connectivity index (χ3v) is 4.89. The van der Waals surface area contributed by atoms with Crippen LogP contribution < -0.4 is 10.2 Å². The van der Waals surface area contributed by atoms with Gasteiger partial charge in [0.15, 0.2) is 0 Å². The molecule has 102 valence electrons. The van der Waals surface area contributed by atoms with Gasteiger partial charge in [-0.05, 0) is 43.1 Å². The Labute approximate surface area is 120 Å². The predicted octanol–water partition coefficient (Wildman–Crippen LogP) is 3.81. The van der Waals surface area contributed by atoms with Crippen LogP contribution >= 0.6 is 0 Å². The van der Waals surface area contributed by atoms with Crippen LogP contribution in [-0.4, -0.2) is 12.7 Å². The van der Waals surface area contributed by atoms with Crippen molar-refractivity contribution in [3.8, 4) is 0 Å². The number of nitrogens with one attached hydrogen (secondary N) is 1. The summed E-state index contributed by atoms with van der Waals surface area (Å²) in [6.45, 7) is 3.52. The molecule has 2 aliphatic rings. The van der Waals surface area contributed by atoms with Crippen molar-refractivity contribution in [3.05, 3.63) is 60.2 Å². The zero-order chi connectivity index (χ0) is 13.6. The molecule has 0 aliphatic carbocycles. The second kappa shape index (κ2) is 4.35. The molecule has 1 fully saturated rings. The second-order valence-electron chi connectivity index (χ2n) is 6.10. The average Bonchev–Trinajstić information content (AvgIpc) is 2.77. The zero-order valence-electron chi connectivity index (χ0n) is 11.8. The van der Waals surface area contributed by atoms with Gasteiger partial charge in [-0.3, -0.25) is 5.32 Å². The van der Waals surface area contributed by atoms with Crippen molar-refractivity contribution < 1.29 is 0 Å². The normalized spacial score (nSPS) is 28.1. The number of piperidine rings is 1. The molecule has 2 heterocycles. The number of benzene rings is 2. The van der Waals surface area contributed by atoms with Crippen LogP contribution in [0.1, 0.15) is 25.3 Å². The van der Waals surface area contributed by atoms with E-state index in [0.717, 1.165) is 6.54 Å². The molecule has 0 unspecified atom stereocenters. The minimum absolute atomic E-state index is 0.213. The van der Waals surface area contributed by atoms with Gasteiger partial charge < -0.3 is 4.90 Å². The van der Waals surface area contributed by atoms with Crippen molar-refractivity contribution in [2.45, 2.75) is 31.3 Å². The topological polar surface area (TPSA) is 15.3 Å². The fourth-order valence-corrected chi connectivity index (χ4v) is 3.90. The van der Waals surface area contributed by atoms with E-state index in [2.05, 4.69) is 71.7 Å². The lowest BCUT2D eigenvalue weighted by Gasteiger charge is -2.41. The first-order valence-corrected chi connectivity index (χ1v) is 7.48. The summed E-state index contributed by atoms with van der Waals surface area (Å²) in [6.07, 6.45) is 2.88. The van der Waals surface area contributed by atoms with E-state index in [9.17, 15) is 0 Å². The van der Waals surface area contributed by atoms with Crippen molar-refractivity contribution in [2.75, 3.05) is 11.4 Å². The molecule has 2 atom stereocenters. The van der Waals surface area contributed by atoms with Gasteiger partial charge in [0.2, 0.25) is 0 Å². The lowest BCUT2D eigenvalue weighted by Crippen LogP contribution is -2.54. The number of para-hydroxylation sites is 2. The molecule has 0 bridgehead atoms. The predicted molar refractivity (Wildman–Crippen MR) is 83.4 cm³/mol. The maximum absolute atomic E-state index is 3.74. The molecule has 2 heteroatoms. The number of hydrogen-bond donors (Lipinski definition) is 1. The molecule has 0 aromatic heterocycles. The van der Waals surface area contributed by atoms with E-state index in [0.29, 0.717) is 6.17 Å². The standard InChI is InChI=1S/C18H20N2/c1-18-12-7-13-19-17(18)20(14-8-3-2-4-9-14)16-11-6-5-10-15(16)18/h2-6,8-11,17,19H,7,12-13H2,1H3/t17-,18-/m0/s1. The van der Waals surface area contributed by atoms with E-state index in [1.54, 1.807) is 0 Å². The van der Waals surface area contributed by atoms with Crippen molar-refractivity contribution in [2.24, 2.45) is 0 Å². The molecule has 4 rings (SSSR count). The number of anilines is 2. The van der Waals surface area contributed by atoms with Crippen LogP contribution in [-0.2, 0) is 5.41 Å². The Kier molecular flexibility index (Phi) is 2.61. The zero-order valence-corrected chi connectivity index (χ0v) is 11.8. The summed E-state index contributed by atoms with van der Waals surface area (Å²) >= 11 is 0. The van der Waals surface area contributed by atoms with E-state index in [-0.39, 0.29) is 5.41 Å². The van der Waals surface area contributed by atoms with Crippen molar-refractivity contribution in [1.82, 2.24) is 5.32 Å². The molecular weight excluding hydrogens is 244 g/mol. The van der Waals surface area contributed by atoms with Crippen molar-refractivity contribution in [3.63, 3.8) is 0 Å². The highest BCUT2D eigenvalue weighted by atomic mass is 15.3. The molecule has 0 saturated carbocycles. The van der Waals surface area contributed by atoms with Crippen LogP contribution in [0.15, 0.2) is 54.6 Å². The second-order valence-corrected chi connectivity index (χ2v) is 6.10. The van der Waals surface area contributed by atoms with Crippen LogP contribution in [0.3, 0.4) is 0 Å². The summed E-state index contributed by atoms with van der Waals surface area (Å²) in [5, 5.41) is 3.74. The Morgan fingerprint density at radius 1 is 1.05 bits per heavy atom. The smallest absolute Gasteiger partial charge is 0.0941 e. The first-order chi connectivity index (χ1) is 9.81. The van der Waals surface area contributed by atoms with E-state index >= 15 is 0 Å². The Morgan fingerprint density at radius 2 is 1.80 bits per heavy atom. The first kappa shape index (κ1) is 12.0. The molecular formula is C18H20N2. The fourth-order valence-electron chi connectivity index (χ4n) is 3.90. The maximum atomic E-state index is 3.74. The quantitative estimate of drug-likeness (QED) is 0.842. The minimum atomic E-state index is 0.213. The number of rotatable bonds is 1. The van der Waals surface area contributed by atoms with Gasteiger partial charge in [0.05, 0.1) is 6.17 Å². The highest BCUT2D eigenvalue weighted by Crippen LogP contribution is 2.51. The summed E-state index contributed by atoms with van der Waals surface area (Å²) < 4.78 is 0. The summed E-state index contributed by atoms with van der Waals surface area (Å²) in [6, 6.07) is 19.6. The Hall–Kier alpha value is -1.80. The van der Waals surface area contributed by atoms with Gasteiger partial charge in [0.25, 0.3) is 0 Å². The van der Waals surface area contributed by atoms with Gasteiger partial charge in [0.1, 0.15) is 0 Å². The molecule has 0 spiro atoms. The van der Waals surface area contributed by atoms with Gasteiger partial charge >= 0.3 is 0 Å². The Bertz CT molecular complexity index is 622. The van der Waals surface area contributed by atoms with E-state index < -0.39 is 0 Å². The molecule has 2 aliphatic heterocycles. The van der Waals surface area contributed by atoms with Crippen molar-refractivity contribution >= 4 is 11.4 Å². The van der Waals surface area contributed by atoms with Crippen molar-refractivity contribution in [1.29, 1.82) is 0 Å². The van der Waals surface area contributed by atoms with Gasteiger partial charge in [-0.15, -0.1) is 0 Å². The van der Waals surface area contributed by atoms with Gasteiger partial charge in [-0.2, -0.15) is 0 Å². The highest BCUT2D eigenvalue weighted by molar-refractivity contribution is 5.74. The lowest BCUT2D eigenvalue weighted by molar-refractivity contribution is 0.269. The minimum Gasteiger partial charge on any atom is -0.324 e. The van der Waals surface area contributed by atoms with Crippen LogP contribution in [0.25, 0.3) is 0 Å². The monoisotopic (exact) mass is 264 g/mol. The molecule has 20 heavy (non-hydrogen) atoms. The molecule has 0 amide bonds. The summed E-state index contributed by atoms with van der Waals surface area (Å²) in [5.41, 5.74) is 4.34. The average molecular weight is 264 g/mol. The number of fused-ring (bicyclic) bond motifs is 3. The number of hydrogen-bond acceptors (Lipinski definition) is 2. The van der Waals surface area contributed by atoms with Crippen LogP contribution in [0.4, 0.5) is 11.4 Å². The van der Waals surface area contributed by atoms with Gasteiger partial charge in [-0.1, -0.05) is 43.3 Å². The maximum Gasteiger partial charge on any atom is 0.0941 e. The summed E-state index contributed by atoms with van der Waals surface area (Å²) in [7, 11) is 0. The largest absolute Gasteiger partial charge is 0.324 e. The van der Waals surface area contributed by atoms with E-state index in [4.69, 9.17) is 0 Å².